The van der Waals surface area contributed by atoms with Gasteiger partial charge in [0, 0.05) is 47.7 Å². The number of hydrogen-bond acceptors (Lipinski definition) is 4. The van der Waals surface area contributed by atoms with E-state index in [1.54, 1.807) is 0 Å². The van der Waals surface area contributed by atoms with Crippen molar-refractivity contribution >= 4 is 28.7 Å². The molecule has 0 saturated carbocycles. The van der Waals surface area contributed by atoms with Gasteiger partial charge in [0.15, 0.2) is 5.11 Å². The molecule has 0 radical (unpaired) electrons. The lowest BCUT2D eigenvalue weighted by Gasteiger charge is -2.28. The number of thiocarbonyl (C=S) groups is 1. The summed E-state index contributed by atoms with van der Waals surface area (Å²) >= 11 is 5.94. The lowest BCUT2D eigenvalue weighted by atomic mass is 9.96. The number of hydrogen-bond donors (Lipinski definition) is 1. The van der Waals surface area contributed by atoms with E-state index in [-0.39, 0.29) is 12.1 Å². The fraction of sp³-hybridized carbons (Fsp3) is 0.312. The molecule has 1 aliphatic rings. The van der Waals surface area contributed by atoms with Crippen LogP contribution in [0, 0.1) is 13.8 Å². The summed E-state index contributed by atoms with van der Waals surface area (Å²) in [5.74, 6) is 0.850. The predicted molar refractivity (Wildman–Crippen MR) is 164 cm³/mol. The van der Waals surface area contributed by atoms with Crippen LogP contribution in [0.5, 0.6) is 5.75 Å². The molecule has 1 saturated heterocycles. The number of nitrogens with zero attached hydrogens (tertiary/aromatic N) is 4. The van der Waals surface area contributed by atoms with E-state index in [0.29, 0.717) is 11.7 Å². The summed E-state index contributed by atoms with van der Waals surface area (Å²) in [6.45, 7) is 13.4. The van der Waals surface area contributed by atoms with Crippen molar-refractivity contribution in [3.8, 4) is 11.4 Å². The first-order chi connectivity index (χ1) is 19.0. The largest absolute Gasteiger partial charge is 0.494 e. The van der Waals surface area contributed by atoms with E-state index in [1.165, 1.54) is 22.6 Å². The van der Waals surface area contributed by atoms with Crippen molar-refractivity contribution in [2.45, 2.75) is 46.7 Å². The quantitative estimate of drug-likeness (QED) is 0.233. The monoisotopic (exact) mass is 539 g/mol. The number of ether oxygens (including phenoxy) is 1. The third kappa shape index (κ3) is 5.11. The average molecular weight is 540 g/mol. The van der Waals surface area contributed by atoms with E-state index in [2.05, 4.69) is 95.9 Å². The van der Waals surface area contributed by atoms with Gasteiger partial charge in [0.05, 0.1) is 24.4 Å². The van der Waals surface area contributed by atoms with Crippen LogP contribution in [0.1, 0.15) is 55.5 Å². The summed E-state index contributed by atoms with van der Waals surface area (Å²) in [5.41, 5.74) is 7.98. The number of nitrogens with one attached hydrogen (secondary N) is 1. The molecule has 1 aliphatic heterocycles. The molecule has 2 aromatic carbocycles. The Hall–Kier alpha value is -3.84. The molecule has 2 aromatic heterocycles. The van der Waals surface area contributed by atoms with Gasteiger partial charge in [-0.3, -0.25) is 4.98 Å². The Morgan fingerprint density at radius 1 is 0.923 bits per heavy atom. The minimum atomic E-state index is -0.0933. The second kappa shape index (κ2) is 11.5. The zero-order chi connectivity index (χ0) is 27.5. The van der Waals surface area contributed by atoms with E-state index in [9.17, 15) is 0 Å². The Kier molecular flexibility index (Phi) is 7.89. The van der Waals surface area contributed by atoms with Crippen molar-refractivity contribution in [1.29, 1.82) is 0 Å². The molecular weight excluding hydrogens is 502 g/mol. The number of anilines is 2. The highest BCUT2D eigenvalue weighted by molar-refractivity contribution is 7.80. The van der Waals surface area contributed by atoms with E-state index in [4.69, 9.17) is 21.9 Å². The van der Waals surface area contributed by atoms with Gasteiger partial charge in [0.2, 0.25) is 0 Å². The van der Waals surface area contributed by atoms with Crippen molar-refractivity contribution in [2.75, 3.05) is 29.5 Å². The van der Waals surface area contributed by atoms with Crippen molar-refractivity contribution in [1.82, 2.24) is 14.9 Å². The molecule has 2 atom stereocenters. The van der Waals surface area contributed by atoms with Crippen LogP contribution in [-0.2, 0) is 0 Å². The maximum Gasteiger partial charge on any atom is 0.174 e. The fourth-order valence-corrected chi connectivity index (χ4v) is 6.05. The molecule has 0 spiro atoms. The molecule has 0 aliphatic carbocycles. The maximum absolute atomic E-state index is 5.94. The number of pyridine rings is 1. The van der Waals surface area contributed by atoms with Crippen LogP contribution >= 0.6 is 12.2 Å². The molecule has 0 amide bonds. The molecule has 4 aromatic rings. The van der Waals surface area contributed by atoms with E-state index < -0.39 is 0 Å². The molecule has 5 rings (SSSR count). The van der Waals surface area contributed by atoms with Crippen molar-refractivity contribution in [3.63, 3.8) is 0 Å². The smallest absolute Gasteiger partial charge is 0.174 e. The van der Waals surface area contributed by atoms with Gasteiger partial charge in [0.25, 0.3) is 0 Å². The summed E-state index contributed by atoms with van der Waals surface area (Å²) in [7, 11) is 0. The lowest BCUT2D eigenvalue weighted by molar-refractivity contribution is 0.340. The summed E-state index contributed by atoms with van der Waals surface area (Å²) in [5, 5.41) is 4.27. The molecule has 202 valence electrons. The highest BCUT2D eigenvalue weighted by Gasteiger charge is 2.42. The van der Waals surface area contributed by atoms with Crippen LogP contribution in [0.3, 0.4) is 0 Å². The minimum absolute atomic E-state index is 0.0692. The topological polar surface area (TPSA) is 45.6 Å². The van der Waals surface area contributed by atoms with E-state index >= 15 is 0 Å². The van der Waals surface area contributed by atoms with Crippen LogP contribution in [0.4, 0.5) is 11.4 Å². The van der Waals surface area contributed by atoms with Crippen molar-refractivity contribution < 1.29 is 4.74 Å². The number of aromatic nitrogens is 2. The van der Waals surface area contributed by atoms with Gasteiger partial charge in [-0.15, -0.1) is 0 Å². The molecule has 7 heteroatoms. The lowest BCUT2D eigenvalue weighted by Crippen LogP contribution is -2.29. The Morgan fingerprint density at radius 3 is 2.23 bits per heavy atom. The van der Waals surface area contributed by atoms with Crippen molar-refractivity contribution in [2.24, 2.45) is 0 Å². The van der Waals surface area contributed by atoms with Crippen LogP contribution in [0.2, 0.25) is 0 Å². The Labute approximate surface area is 237 Å². The maximum atomic E-state index is 5.94. The highest BCUT2D eigenvalue weighted by Crippen LogP contribution is 2.44. The minimum Gasteiger partial charge on any atom is -0.494 e. The first kappa shape index (κ1) is 26.8. The van der Waals surface area contributed by atoms with Crippen molar-refractivity contribution in [3.05, 3.63) is 102 Å². The second-order valence-corrected chi connectivity index (χ2v) is 10.2. The van der Waals surface area contributed by atoms with Gasteiger partial charge in [-0.05, 0) is 119 Å². The van der Waals surface area contributed by atoms with Crippen LogP contribution < -0.4 is 19.9 Å². The first-order valence-electron chi connectivity index (χ1n) is 13.7. The van der Waals surface area contributed by atoms with E-state index in [0.717, 1.165) is 35.9 Å². The number of aryl methyl sites for hydroxylation is 1. The summed E-state index contributed by atoms with van der Waals surface area (Å²) in [6, 6.07) is 25.2. The summed E-state index contributed by atoms with van der Waals surface area (Å²) in [4.78, 5) is 9.30. The van der Waals surface area contributed by atoms with Gasteiger partial charge >= 0.3 is 0 Å². The Balaban J connectivity index is 1.59. The molecule has 2 unspecified atom stereocenters. The second-order valence-electron chi connectivity index (χ2n) is 9.77. The molecule has 1 N–H and O–H groups in total. The third-order valence-corrected chi connectivity index (χ3v) is 7.86. The van der Waals surface area contributed by atoms with Crippen LogP contribution in [0.15, 0.2) is 79.0 Å². The van der Waals surface area contributed by atoms with Gasteiger partial charge in [-0.25, -0.2) is 0 Å². The Morgan fingerprint density at radius 2 is 1.62 bits per heavy atom. The van der Waals surface area contributed by atoms with E-state index in [1.807, 2.05) is 37.4 Å². The number of benzene rings is 2. The van der Waals surface area contributed by atoms with Gasteiger partial charge < -0.3 is 24.4 Å². The van der Waals surface area contributed by atoms with Gasteiger partial charge in [-0.1, -0.05) is 6.07 Å². The molecule has 0 bridgehead atoms. The summed E-state index contributed by atoms with van der Waals surface area (Å²) < 4.78 is 8.04. The van der Waals surface area contributed by atoms with Gasteiger partial charge in [0.1, 0.15) is 5.75 Å². The molecule has 39 heavy (non-hydrogen) atoms. The highest BCUT2D eigenvalue weighted by atomic mass is 32.1. The molecule has 1 fully saturated rings. The summed E-state index contributed by atoms with van der Waals surface area (Å²) in [6.07, 6.45) is 1.84. The number of rotatable bonds is 9. The standard InChI is InChI=1S/C32H37N5OS/c1-6-35(7-2)24-12-14-25(15-13-24)36-22(4)21-28(23(36)5)31-30(29-11-9-10-20-33-29)34-32(39)37(31)26-16-18-27(19-17-26)38-8-3/h9-21,30-31H,6-8H2,1-5H3,(H,34,39). The molecule has 3 heterocycles. The van der Waals surface area contributed by atoms with Gasteiger partial charge in [-0.2, -0.15) is 0 Å². The Bertz CT molecular complexity index is 1410. The first-order valence-corrected chi connectivity index (χ1v) is 14.1. The zero-order valence-electron chi connectivity index (χ0n) is 23.4. The van der Waals surface area contributed by atoms with Crippen LogP contribution in [-0.4, -0.2) is 34.4 Å². The average Bonchev–Trinajstić information content (AvgIpc) is 3.45. The fourth-order valence-electron chi connectivity index (χ4n) is 5.70. The zero-order valence-corrected chi connectivity index (χ0v) is 24.2. The third-order valence-electron chi connectivity index (χ3n) is 7.55. The SMILES string of the molecule is CCOc1ccc(N2C(=S)NC(c3ccccn3)C2c2cc(C)n(-c3ccc(N(CC)CC)cc3)c2C)cc1. The van der Waals surface area contributed by atoms with Crippen LogP contribution in [0.25, 0.3) is 5.69 Å². The predicted octanol–water partition coefficient (Wildman–Crippen LogP) is 6.91. The molecular formula is C32H37N5OS. The molecule has 6 nitrogen and oxygen atoms in total. The normalized spacial score (nSPS) is 16.8.